The Balaban J connectivity index is 2.81. The minimum Gasteiger partial charge on any atom is -0.370 e. The van der Waals surface area contributed by atoms with Gasteiger partial charge in [0.2, 0.25) is 0 Å². The fraction of sp³-hybridized carbons (Fsp3) is 0.300. The van der Waals surface area contributed by atoms with Crippen molar-refractivity contribution in [3.8, 4) is 0 Å². The molecule has 0 aliphatic heterocycles. The molecule has 1 rings (SSSR count). The van der Waals surface area contributed by atoms with Gasteiger partial charge in [0, 0.05) is 11.1 Å². The van der Waals surface area contributed by atoms with E-state index >= 15 is 0 Å². The van der Waals surface area contributed by atoms with Crippen LogP contribution < -0.4 is 11.1 Å². The normalized spacial score (nSPS) is 11.9. The number of nitrogens with zero attached hydrogens (tertiary/aromatic N) is 1. The van der Waals surface area contributed by atoms with E-state index in [4.69, 9.17) is 17.3 Å². The van der Waals surface area contributed by atoms with Gasteiger partial charge in [0.05, 0.1) is 5.69 Å². The molecule has 0 spiro atoms. The van der Waals surface area contributed by atoms with Gasteiger partial charge in [-0.25, -0.2) is 4.39 Å². The van der Waals surface area contributed by atoms with Crippen LogP contribution >= 0.6 is 11.6 Å². The van der Waals surface area contributed by atoms with E-state index in [1.54, 1.807) is 6.07 Å². The number of nitrogens with two attached hydrogens (primary N) is 1. The van der Waals surface area contributed by atoms with Crippen molar-refractivity contribution in [3.63, 3.8) is 0 Å². The van der Waals surface area contributed by atoms with Crippen molar-refractivity contribution in [2.45, 2.75) is 19.9 Å². The molecule has 0 amide bonds. The quantitative estimate of drug-likeness (QED) is 0.605. The van der Waals surface area contributed by atoms with Crippen molar-refractivity contribution in [3.05, 3.63) is 29.0 Å². The van der Waals surface area contributed by atoms with Crippen LogP contribution in [-0.2, 0) is 0 Å². The summed E-state index contributed by atoms with van der Waals surface area (Å²) in [5.74, 6) is -0.268. The minimum absolute atomic E-state index is 0.0628. The van der Waals surface area contributed by atoms with Gasteiger partial charge in [0.15, 0.2) is 5.96 Å². The molecule has 0 aliphatic rings. The zero-order valence-electron chi connectivity index (χ0n) is 8.59. The number of benzene rings is 1. The Morgan fingerprint density at radius 3 is 2.73 bits per heavy atom. The molecule has 0 aliphatic carbocycles. The van der Waals surface area contributed by atoms with Gasteiger partial charge in [0.25, 0.3) is 0 Å². The Kier molecular flexibility index (Phi) is 3.91. The lowest BCUT2D eigenvalue weighted by Gasteiger charge is -2.07. The number of halogens is 2. The molecule has 0 saturated heterocycles. The summed E-state index contributed by atoms with van der Waals surface area (Å²) < 4.78 is 13.3. The molecule has 1 aromatic rings. The molecule has 0 fully saturated rings. The monoisotopic (exact) mass is 229 g/mol. The second kappa shape index (κ2) is 4.98. The van der Waals surface area contributed by atoms with E-state index in [-0.39, 0.29) is 17.7 Å². The van der Waals surface area contributed by atoms with Crippen molar-refractivity contribution in [1.82, 2.24) is 0 Å². The van der Waals surface area contributed by atoms with Gasteiger partial charge in [-0.3, -0.25) is 4.99 Å². The third kappa shape index (κ3) is 3.75. The summed E-state index contributed by atoms with van der Waals surface area (Å²) >= 11 is 5.61. The SMILES string of the molecule is CC(C)N=C(N)Nc1ccc(Cl)cc1F. The highest BCUT2D eigenvalue weighted by Crippen LogP contribution is 2.18. The highest BCUT2D eigenvalue weighted by Gasteiger charge is 2.03. The fourth-order valence-corrected chi connectivity index (χ4v) is 1.20. The molecular formula is C10H13ClFN3. The average Bonchev–Trinajstić information content (AvgIpc) is 2.08. The van der Waals surface area contributed by atoms with Crippen LogP contribution in [0.3, 0.4) is 0 Å². The number of nitrogens with one attached hydrogen (secondary N) is 1. The average molecular weight is 230 g/mol. The lowest BCUT2D eigenvalue weighted by atomic mass is 10.3. The van der Waals surface area contributed by atoms with Gasteiger partial charge in [0.1, 0.15) is 5.82 Å². The molecule has 0 bridgehead atoms. The number of hydrogen-bond acceptors (Lipinski definition) is 1. The maximum Gasteiger partial charge on any atom is 0.193 e. The van der Waals surface area contributed by atoms with Gasteiger partial charge in [-0.15, -0.1) is 0 Å². The molecule has 0 saturated carbocycles. The molecule has 15 heavy (non-hydrogen) atoms. The van der Waals surface area contributed by atoms with Crippen LogP contribution in [0.2, 0.25) is 5.02 Å². The van der Waals surface area contributed by atoms with E-state index in [1.807, 2.05) is 13.8 Å². The zero-order valence-corrected chi connectivity index (χ0v) is 9.35. The largest absolute Gasteiger partial charge is 0.370 e. The molecule has 0 aromatic heterocycles. The van der Waals surface area contributed by atoms with Gasteiger partial charge < -0.3 is 11.1 Å². The smallest absolute Gasteiger partial charge is 0.193 e. The van der Waals surface area contributed by atoms with Crippen molar-refractivity contribution >= 4 is 23.2 Å². The molecule has 82 valence electrons. The van der Waals surface area contributed by atoms with Crippen molar-refractivity contribution in [2.75, 3.05) is 5.32 Å². The summed E-state index contributed by atoms with van der Waals surface area (Å²) in [7, 11) is 0. The van der Waals surface area contributed by atoms with Crippen molar-refractivity contribution in [1.29, 1.82) is 0 Å². The molecule has 1 aromatic carbocycles. The molecule has 3 nitrogen and oxygen atoms in total. The van der Waals surface area contributed by atoms with E-state index in [0.717, 1.165) is 0 Å². The van der Waals surface area contributed by atoms with E-state index < -0.39 is 5.82 Å². The summed E-state index contributed by atoms with van der Waals surface area (Å²) in [6.45, 7) is 3.76. The van der Waals surface area contributed by atoms with Gasteiger partial charge in [-0.2, -0.15) is 0 Å². The number of guanidine groups is 1. The van der Waals surface area contributed by atoms with Gasteiger partial charge >= 0.3 is 0 Å². The van der Waals surface area contributed by atoms with Gasteiger partial charge in [-0.05, 0) is 32.0 Å². The van der Waals surface area contributed by atoms with E-state index in [2.05, 4.69) is 10.3 Å². The summed E-state index contributed by atoms with van der Waals surface area (Å²) in [6, 6.07) is 4.37. The highest BCUT2D eigenvalue weighted by molar-refractivity contribution is 6.30. The Morgan fingerprint density at radius 1 is 1.53 bits per heavy atom. The van der Waals surface area contributed by atoms with Crippen LogP contribution in [0, 0.1) is 5.82 Å². The Labute approximate surface area is 93.1 Å². The molecule has 5 heteroatoms. The number of hydrogen-bond donors (Lipinski definition) is 2. The second-order valence-electron chi connectivity index (χ2n) is 3.36. The maximum atomic E-state index is 13.3. The number of anilines is 1. The van der Waals surface area contributed by atoms with Crippen LogP contribution in [0.4, 0.5) is 10.1 Å². The Bertz CT molecular complexity index is 377. The lowest BCUT2D eigenvalue weighted by molar-refractivity contribution is 0.632. The van der Waals surface area contributed by atoms with E-state index in [0.29, 0.717) is 5.02 Å². The summed E-state index contributed by atoms with van der Waals surface area (Å²) in [4.78, 5) is 4.02. The van der Waals surface area contributed by atoms with Crippen molar-refractivity contribution < 1.29 is 4.39 Å². The first-order valence-corrected chi connectivity index (χ1v) is 4.92. The highest BCUT2D eigenvalue weighted by atomic mass is 35.5. The van der Waals surface area contributed by atoms with Gasteiger partial charge in [-0.1, -0.05) is 11.6 Å². The Hall–Kier alpha value is -1.29. The lowest BCUT2D eigenvalue weighted by Crippen LogP contribution is -2.24. The molecule has 0 heterocycles. The third-order valence-electron chi connectivity index (χ3n) is 1.59. The first kappa shape index (κ1) is 11.8. The van der Waals surface area contributed by atoms with Crippen LogP contribution in [0.15, 0.2) is 23.2 Å². The molecule has 3 N–H and O–H groups in total. The van der Waals surface area contributed by atoms with Crippen LogP contribution in [0.5, 0.6) is 0 Å². The zero-order chi connectivity index (χ0) is 11.4. The molecule has 0 atom stereocenters. The van der Waals surface area contributed by atoms with E-state index in [9.17, 15) is 4.39 Å². The van der Waals surface area contributed by atoms with Crippen LogP contribution in [0.25, 0.3) is 0 Å². The third-order valence-corrected chi connectivity index (χ3v) is 1.83. The molecule has 0 unspecified atom stereocenters. The summed E-state index contributed by atoms with van der Waals surface area (Å²) in [5.41, 5.74) is 5.82. The summed E-state index contributed by atoms with van der Waals surface area (Å²) in [6.07, 6.45) is 0. The van der Waals surface area contributed by atoms with E-state index in [1.165, 1.54) is 12.1 Å². The van der Waals surface area contributed by atoms with Crippen molar-refractivity contribution in [2.24, 2.45) is 10.7 Å². The molecular weight excluding hydrogens is 217 g/mol. The standard InChI is InChI=1S/C10H13ClFN3/c1-6(2)14-10(13)15-9-4-3-7(11)5-8(9)12/h3-6H,1-2H3,(H3,13,14,15). The molecule has 0 radical (unpaired) electrons. The van der Waals surface area contributed by atoms with Crippen LogP contribution in [0.1, 0.15) is 13.8 Å². The first-order valence-electron chi connectivity index (χ1n) is 4.54. The first-order chi connectivity index (χ1) is 6.99. The predicted octanol–water partition coefficient (Wildman–Crippen LogP) is 2.61. The number of rotatable bonds is 2. The summed E-state index contributed by atoms with van der Waals surface area (Å²) in [5, 5.41) is 3.01. The second-order valence-corrected chi connectivity index (χ2v) is 3.79. The maximum absolute atomic E-state index is 13.3. The minimum atomic E-state index is -0.454. The predicted molar refractivity (Wildman–Crippen MR) is 61.8 cm³/mol. The Morgan fingerprint density at radius 2 is 2.20 bits per heavy atom. The van der Waals surface area contributed by atoms with Crippen LogP contribution in [-0.4, -0.2) is 12.0 Å². The number of aliphatic imine (C=N–C) groups is 1. The fourth-order valence-electron chi connectivity index (χ4n) is 1.04. The topological polar surface area (TPSA) is 50.4 Å².